The van der Waals surface area contributed by atoms with Crippen LogP contribution >= 0.6 is 0 Å². The number of anilines is 1. The quantitative estimate of drug-likeness (QED) is 0.855. The second-order valence-electron chi connectivity index (χ2n) is 5.34. The number of nitrogens with zero attached hydrogens (tertiary/aromatic N) is 1. The predicted octanol–water partition coefficient (Wildman–Crippen LogP) is 3.26. The minimum absolute atomic E-state index is 0.0311. The molecule has 0 aliphatic heterocycles. The first-order valence-electron chi connectivity index (χ1n) is 7.39. The zero-order chi connectivity index (χ0) is 15.2. The van der Waals surface area contributed by atoms with E-state index in [0.29, 0.717) is 5.56 Å². The van der Waals surface area contributed by atoms with Crippen molar-refractivity contribution < 1.29 is 4.79 Å². The molecule has 1 amide bonds. The Labute approximate surface area is 126 Å². The van der Waals surface area contributed by atoms with Crippen molar-refractivity contribution in [2.75, 3.05) is 5.32 Å². The maximum absolute atomic E-state index is 11.9. The van der Waals surface area contributed by atoms with Crippen LogP contribution in [0.4, 0.5) is 5.69 Å². The van der Waals surface area contributed by atoms with Crippen molar-refractivity contribution in [2.24, 2.45) is 0 Å². The van der Waals surface area contributed by atoms with Crippen LogP contribution in [0.3, 0.4) is 0 Å². The summed E-state index contributed by atoms with van der Waals surface area (Å²) in [6.07, 6.45) is 2.08. The Morgan fingerprint density at radius 3 is 2.52 bits per heavy atom. The van der Waals surface area contributed by atoms with Gasteiger partial charge in [0.25, 0.3) is 5.91 Å². The van der Waals surface area contributed by atoms with E-state index in [2.05, 4.69) is 40.5 Å². The molecule has 2 N–H and O–H groups in total. The second-order valence-corrected chi connectivity index (χ2v) is 5.34. The normalized spacial score (nSPS) is 10.7. The van der Waals surface area contributed by atoms with Gasteiger partial charge in [-0.3, -0.25) is 4.79 Å². The van der Waals surface area contributed by atoms with Gasteiger partial charge in [-0.2, -0.15) is 0 Å². The highest BCUT2D eigenvalue weighted by Crippen LogP contribution is 2.12. The number of carbonyl (C=O) groups excluding carboxylic acids is 1. The second kappa shape index (κ2) is 6.97. The summed E-state index contributed by atoms with van der Waals surface area (Å²) in [6, 6.07) is 11.9. The van der Waals surface area contributed by atoms with E-state index in [-0.39, 0.29) is 11.9 Å². The standard InChI is InChI=1S/C17H23N3O/c1-4-20-11-5-6-16(20)12-18-15-9-7-14(8-10-15)17(21)19-13(2)3/h5-11,13,18H,4,12H2,1-3H3,(H,19,21). The summed E-state index contributed by atoms with van der Waals surface area (Å²) in [7, 11) is 0. The largest absolute Gasteiger partial charge is 0.379 e. The number of nitrogens with one attached hydrogen (secondary N) is 2. The van der Waals surface area contributed by atoms with Crippen molar-refractivity contribution in [1.29, 1.82) is 0 Å². The van der Waals surface area contributed by atoms with Crippen molar-refractivity contribution in [1.82, 2.24) is 9.88 Å². The molecule has 0 radical (unpaired) electrons. The lowest BCUT2D eigenvalue weighted by molar-refractivity contribution is 0.0943. The van der Waals surface area contributed by atoms with Gasteiger partial charge in [-0.15, -0.1) is 0 Å². The molecule has 0 spiro atoms. The van der Waals surface area contributed by atoms with Crippen molar-refractivity contribution in [2.45, 2.75) is 39.9 Å². The first-order valence-corrected chi connectivity index (χ1v) is 7.39. The average molecular weight is 285 g/mol. The molecular formula is C17H23N3O. The fraction of sp³-hybridized carbons (Fsp3) is 0.353. The number of amides is 1. The van der Waals surface area contributed by atoms with Gasteiger partial charge >= 0.3 is 0 Å². The Kier molecular flexibility index (Phi) is 5.04. The van der Waals surface area contributed by atoms with Crippen LogP contribution in [0.15, 0.2) is 42.6 Å². The van der Waals surface area contributed by atoms with Crippen molar-refractivity contribution >= 4 is 11.6 Å². The van der Waals surface area contributed by atoms with Gasteiger partial charge in [-0.25, -0.2) is 0 Å². The van der Waals surface area contributed by atoms with E-state index in [0.717, 1.165) is 18.8 Å². The molecule has 0 aliphatic rings. The van der Waals surface area contributed by atoms with Crippen molar-refractivity contribution in [3.05, 3.63) is 53.9 Å². The molecule has 112 valence electrons. The van der Waals surface area contributed by atoms with Gasteiger partial charge in [-0.05, 0) is 57.2 Å². The first-order chi connectivity index (χ1) is 10.1. The summed E-state index contributed by atoms with van der Waals surface area (Å²) in [4.78, 5) is 11.9. The maximum Gasteiger partial charge on any atom is 0.251 e. The maximum atomic E-state index is 11.9. The molecule has 2 rings (SSSR count). The molecular weight excluding hydrogens is 262 g/mol. The van der Waals surface area contributed by atoms with Gasteiger partial charge in [0.2, 0.25) is 0 Å². The smallest absolute Gasteiger partial charge is 0.251 e. The van der Waals surface area contributed by atoms with Gasteiger partial charge < -0.3 is 15.2 Å². The number of hydrogen-bond acceptors (Lipinski definition) is 2. The van der Waals surface area contributed by atoms with Crippen LogP contribution in [-0.2, 0) is 13.1 Å². The molecule has 0 fully saturated rings. The summed E-state index contributed by atoms with van der Waals surface area (Å²) in [5.41, 5.74) is 2.95. The summed E-state index contributed by atoms with van der Waals surface area (Å²) in [5.74, 6) is -0.0311. The molecule has 1 aromatic heterocycles. The molecule has 21 heavy (non-hydrogen) atoms. The highest BCUT2D eigenvalue weighted by molar-refractivity contribution is 5.94. The van der Waals surface area contributed by atoms with Crippen LogP contribution < -0.4 is 10.6 Å². The lowest BCUT2D eigenvalue weighted by Crippen LogP contribution is -2.29. The summed E-state index contributed by atoms with van der Waals surface area (Å²) >= 11 is 0. The molecule has 0 unspecified atom stereocenters. The zero-order valence-corrected chi connectivity index (χ0v) is 12.9. The Morgan fingerprint density at radius 2 is 1.90 bits per heavy atom. The van der Waals surface area contributed by atoms with E-state index < -0.39 is 0 Å². The van der Waals surface area contributed by atoms with Crippen molar-refractivity contribution in [3.8, 4) is 0 Å². The highest BCUT2D eigenvalue weighted by Gasteiger charge is 2.06. The molecule has 0 aliphatic carbocycles. The zero-order valence-electron chi connectivity index (χ0n) is 12.9. The third kappa shape index (κ3) is 4.12. The Balaban J connectivity index is 1.95. The number of aromatic nitrogens is 1. The molecule has 2 aromatic rings. The van der Waals surface area contributed by atoms with Gasteiger partial charge in [0.05, 0.1) is 6.54 Å². The fourth-order valence-electron chi connectivity index (χ4n) is 2.20. The van der Waals surface area contributed by atoms with E-state index in [4.69, 9.17) is 0 Å². The van der Waals surface area contributed by atoms with Gasteiger partial charge in [-0.1, -0.05) is 0 Å². The molecule has 0 saturated carbocycles. The van der Waals surface area contributed by atoms with Gasteiger partial charge in [0.15, 0.2) is 0 Å². The van der Waals surface area contributed by atoms with E-state index in [1.54, 1.807) is 0 Å². The SMILES string of the molecule is CCn1cccc1CNc1ccc(C(=O)NC(C)C)cc1. The average Bonchev–Trinajstić information content (AvgIpc) is 2.92. The minimum atomic E-state index is -0.0311. The number of rotatable bonds is 6. The first kappa shape index (κ1) is 15.2. The fourth-order valence-corrected chi connectivity index (χ4v) is 2.20. The van der Waals surface area contributed by atoms with Crippen LogP contribution in [0.25, 0.3) is 0 Å². The highest BCUT2D eigenvalue weighted by atomic mass is 16.1. The molecule has 4 heteroatoms. The monoisotopic (exact) mass is 285 g/mol. The Bertz CT molecular complexity index is 584. The van der Waals surface area contributed by atoms with Crippen molar-refractivity contribution in [3.63, 3.8) is 0 Å². The predicted molar refractivity (Wildman–Crippen MR) is 86.5 cm³/mol. The molecule has 1 aromatic carbocycles. The summed E-state index contributed by atoms with van der Waals surface area (Å²) in [5, 5.41) is 6.26. The lowest BCUT2D eigenvalue weighted by atomic mass is 10.2. The number of carbonyl (C=O) groups is 1. The van der Waals surface area contributed by atoms with Crippen LogP contribution in [0.1, 0.15) is 36.8 Å². The number of hydrogen-bond donors (Lipinski definition) is 2. The van der Waals surface area contributed by atoms with E-state index in [1.807, 2.05) is 38.1 Å². The van der Waals surface area contributed by atoms with Gasteiger partial charge in [0, 0.05) is 35.7 Å². The third-order valence-electron chi connectivity index (χ3n) is 3.30. The van der Waals surface area contributed by atoms with E-state index in [1.165, 1.54) is 5.69 Å². The van der Waals surface area contributed by atoms with Crippen LogP contribution in [-0.4, -0.2) is 16.5 Å². The molecule has 4 nitrogen and oxygen atoms in total. The van der Waals surface area contributed by atoms with Crippen LogP contribution in [0.2, 0.25) is 0 Å². The molecule has 0 atom stereocenters. The molecule has 1 heterocycles. The minimum Gasteiger partial charge on any atom is -0.379 e. The Hall–Kier alpha value is -2.23. The number of aryl methyl sites for hydroxylation is 1. The Morgan fingerprint density at radius 1 is 1.19 bits per heavy atom. The van der Waals surface area contributed by atoms with Crippen LogP contribution in [0, 0.1) is 0 Å². The van der Waals surface area contributed by atoms with Gasteiger partial charge in [0.1, 0.15) is 0 Å². The topological polar surface area (TPSA) is 46.1 Å². The summed E-state index contributed by atoms with van der Waals surface area (Å²) < 4.78 is 2.21. The summed E-state index contributed by atoms with van der Waals surface area (Å²) in [6.45, 7) is 7.79. The number of benzene rings is 1. The molecule has 0 bridgehead atoms. The van der Waals surface area contributed by atoms with E-state index >= 15 is 0 Å². The lowest BCUT2D eigenvalue weighted by Gasteiger charge is -2.11. The van der Waals surface area contributed by atoms with Crippen LogP contribution in [0.5, 0.6) is 0 Å². The van der Waals surface area contributed by atoms with E-state index in [9.17, 15) is 4.79 Å². The third-order valence-corrected chi connectivity index (χ3v) is 3.30. The molecule has 0 saturated heterocycles.